The van der Waals surface area contributed by atoms with E-state index in [1.807, 2.05) is 0 Å². The molecule has 0 radical (unpaired) electrons. The topological polar surface area (TPSA) is 26.7 Å². The van der Waals surface area contributed by atoms with Gasteiger partial charge >= 0.3 is 0 Å². The number of para-hydroxylation sites is 2. The van der Waals surface area contributed by atoms with E-state index in [1.54, 1.807) is 0 Å². The molecular weight excluding hydrogens is 224 g/mol. The number of benzene rings is 1. The molecule has 1 aliphatic rings. The number of likely N-dealkylation sites (N-methyl/N-ethyl adjacent to an activating group) is 1. The minimum absolute atomic E-state index is 0.0109. The highest BCUT2D eigenvalue weighted by Crippen LogP contribution is 2.34. The Morgan fingerprint density at radius 3 is 2.50 bits per heavy atom. The van der Waals surface area contributed by atoms with E-state index >= 15 is 0 Å². The predicted molar refractivity (Wildman–Crippen MR) is 77.4 cm³/mol. The van der Waals surface area contributed by atoms with Gasteiger partial charge in [0.2, 0.25) is 0 Å². The number of aliphatic hydroxyl groups excluding tert-OH is 1. The summed E-state index contributed by atoms with van der Waals surface area (Å²) in [5.41, 5.74) is 2.57. The second-order valence-electron chi connectivity index (χ2n) is 5.65. The standard InChI is InChI=1S/C15H24N2O/c1-4-15(2,12-18)11-17-10-9-16(3)13-7-5-6-8-14(13)17/h5-8,18H,4,9-12H2,1-3H3. The highest BCUT2D eigenvalue weighted by atomic mass is 16.3. The largest absolute Gasteiger partial charge is 0.396 e. The lowest BCUT2D eigenvalue weighted by Gasteiger charge is -2.41. The van der Waals surface area contributed by atoms with E-state index < -0.39 is 0 Å². The molecule has 3 heteroatoms. The number of nitrogens with zero attached hydrogens (tertiary/aromatic N) is 2. The third kappa shape index (κ3) is 2.46. The number of aliphatic hydroxyl groups is 1. The van der Waals surface area contributed by atoms with Crippen LogP contribution in [0.4, 0.5) is 11.4 Å². The third-order valence-electron chi connectivity index (χ3n) is 4.15. The molecule has 2 rings (SSSR count). The van der Waals surface area contributed by atoms with Gasteiger partial charge in [-0.15, -0.1) is 0 Å². The molecule has 0 fully saturated rings. The number of rotatable bonds is 4. The molecule has 1 aromatic rings. The molecule has 0 saturated heterocycles. The summed E-state index contributed by atoms with van der Waals surface area (Å²) in [5.74, 6) is 0. The molecule has 0 amide bonds. The molecule has 0 spiro atoms. The highest BCUT2D eigenvalue weighted by molar-refractivity contribution is 5.73. The molecule has 1 atom stereocenters. The first-order valence-corrected chi connectivity index (χ1v) is 6.75. The van der Waals surface area contributed by atoms with Crippen molar-refractivity contribution < 1.29 is 5.11 Å². The van der Waals surface area contributed by atoms with Crippen LogP contribution >= 0.6 is 0 Å². The van der Waals surface area contributed by atoms with Gasteiger partial charge in [-0.1, -0.05) is 26.0 Å². The first-order chi connectivity index (χ1) is 8.59. The van der Waals surface area contributed by atoms with Crippen molar-refractivity contribution in [3.8, 4) is 0 Å². The van der Waals surface area contributed by atoms with E-state index in [1.165, 1.54) is 11.4 Å². The summed E-state index contributed by atoms with van der Waals surface area (Å²) in [4.78, 5) is 4.71. The molecule has 1 N–H and O–H groups in total. The van der Waals surface area contributed by atoms with Crippen molar-refractivity contribution in [3.05, 3.63) is 24.3 Å². The summed E-state index contributed by atoms with van der Waals surface area (Å²) in [6.07, 6.45) is 0.998. The number of fused-ring (bicyclic) bond motifs is 1. The van der Waals surface area contributed by atoms with Crippen molar-refractivity contribution >= 4 is 11.4 Å². The van der Waals surface area contributed by atoms with Crippen LogP contribution in [0.25, 0.3) is 0 Å². The summed E-state index contributed by atoms with van der Waals surface area (Å²) in [5, 5.41) is 9.58. The van der Waals surface area contributed by atoms with Crippen molar-refractivity contribution in [1.82, 2.24) is 0 Å². The second kappa shape index (κ2) is 5.19. The average Bonchev–Trinajstić information content (AvgIpc) is 2.42. The fourth-order valence-electron chi connectivity index (χ4n) is 2.46. The lowest BCUT2D eigenvalue weighted by molar-refractivity contribution is 0.142. The molecular formula is C15H24N2O. The van der Waals surface area contributed by atoms with Gasteiger partial charge < -0.3 is 14.9 Å². The molecule has 1 unspecified atom stereocenters. The molecule has 100 valence electrons. The van der Waals surface area contributed by atoms with Crippen LogP contribution in [-0.4, -0.2) is 38.4 Å². The van der Waals surface area contributed by atoms with Gasteiger partial charge in [-0.25, -0.2) is 0 Å². The Bertz CT molecular complexity index is 401. The van der Waals surface area contributed by atoms with Crippen LogP contribution in [0.5, 0.6) is 0 Å². The molecule has 0 saturated carbocycles. The molecule has 0 bridgehead atoms. The van der Waals surface area contributed by atoms with Gasteiger partial charge in [0, 0.05) is 32.1 Å². The van der Waals surface area contributed by atoms with E-state index in [0.29, 0.717) is 0 Å². The molecule has 1 aromatic carbocycles. The lowest BCUT2D eigenvalue weighted by atomic mass is 9.87. The van der Waals surface area contributed by atoms with Crippen molar-refractivity contribution in [2.24, 2.45) is 5.41 Å². The fourth-order valence-corrected chi connectivity index (χ4v) is 2.46. The number of anilines is 2. The van der Waals surface area contributed by atoms with Gasteiger partial charge in [-0.05, 0) is 18.6 Å². The van der Waals surface area contributed by atoms with E-state index in [4.69, 9.17) is 0 Å². The van der Waals surface area contributed by atoms with Crippen LogP contribution in [0.15, 0.2) is 24.3 Å². The first kappa shape index (κ1) is 13.2. The summed E-state index contributed by atoms with van der Waals surface area (Å²) in [6.45, 7) is 7.56. The zero-order valence-electron chi connectivity index (χ0n) is 11.7. The summed E-state index contributed by atoms with van der Waals surface area (Å²) < 4.78 is 0. The molecule has 1 heterocycles. The van der Waals surface area contributed by atoms with E-state index in [9.17, 15) is 5.11 Å². The number of hydrogen-bond donors (Lipinski definition) is 1. The Kier molecular flexibility index (Phi) is 3.81. The Morgan fingerprint density at radius 1 is 1.22 bits per heavy atom. The normalized spacial score (nSPS) is 18.4. The fraction of sp³-hybridized carbons (Fsp3) is 0.600. The molecule has 18 heavy (non-hydrogen) atoms. The summed E-state index contributed by atoms with van der Waals surface area (Å²) >= 11 is 0. The van der Waals surface area contributed by atoms with Gasteiger partial charge in [-0.3, -0.25) is 0 Å². The zero-order chi connectivity index (χ0) is 13.2. The number of hydrogen-bond acceptors (Lipinski definition) is 3. The lowest BCUT2D eigenvalue weighted by Crippen LogP contribution is -2.45. The summed E-state index contributed by atoms with van der Waals surface area (Å²) in [6, 6.07) is 8.53. The van der Waals surface area contributed by atoms with Gasteiger partial charge in [-0.2, -0.15) is 0 Å². The molecule has 3 nitrogen and oxygen atoms in total. The predicted octanol–water partition coefficient (Wildman–Crippen LogP) is 2.35. The Hall–Kier alpha value is -1.22. The van der Waals surface area contributed by atoms with Crippen molar-refractivity contribution in [3.63, 3.8) is 0 Å². The van der Waals surface area contributed by atoms with Crippen LogP contribution in [0.3, 0.4) is 0 Å². The Balaban J connectivity index is 2.24. The third-order valence-corrected chi connectivity index (χ3v) is 4.15. The Morgan fingerprint density at radius 2 is 1.89 bits per heavy atom. The van der Waals surface area contributed by atoms with Crippen molar-refractivity contribution in [2.45, 2.75) is 20.3 Å². The van der Waals surface area contributed by atoms with Crippen molar-refractivity contribution in [1.29, 1.82) is 0 Å². The van der Waals surface area contributed by atoms with Crippen LogP contribution < -0.4 is 9.80 Å². The van der Waals surface area contributed by atoms with Gasteiger partial charge in [0.25, 0.3) is 0 Å². The van der Waals surface area contributed by atoms with Gasteiger partial charge in [0.1, 0.15) is 0 Å². The van der Waals surface area contributed by atoms with Crippen LogP contribution in [0, 0.1) is 5.41 Å². The van der Waals surface area contributed by atoms with Gasteiger partial charge in [0.05, 0.1) is 18.0 Å². The molecule has 0 aliphatic carbocycles. The van der Waals surface area contributed by atoms with Crippen molar-refractivity contribution in [2.75, 3.05) is 43.1 Å². The van der Waals surface area contributed by atoms with Crippen LogP contribution in [0.1, 0.15) is 20.3 Å². The molecule has 1 aliphatic heterocycles. The van der Waals surface area contributed by atoms with E-state index in [-0.39, 0.29) is 12.0 Å². The van der Waals surface area contributed by atoms with Crippen LogP contribution in [0.2, 0.25) is 0 Å². The SMILES string of the molecule is CCC(C)(CO)CN1CCN(C)c2ccccc21. The highest BCUT2D eigenvalue weighted by Gasteiger charge is 2.28. The minimum Gasteiger partial charge on any atom is -0.396 e. The maximum Gasteiger partial charge on any atom is 0.0604 e. The average molecular weight is 248 g/mol. The molecule has 0 aromatic heterocycles. The maximum atomic E-state index is 9.58. The quantitative estimate of drug-likeness (QED) is 0.886. The summed E-state index contributed by atoms with van der Waals surface area (Å²) in [7, 11) is 2.14. The minimum atomic E-state index is -0.0109. The maximum absolute atomic E-state index is 9.58. The van der Waals surface area contributed by atoms with Crippen LogP contribution in [-0.2, 0) is 0 Å². The van der Waals surface area contributed by atoms with E-state index in [2.05, 4.69) is 55.0 Å². The van der Waals surface area contributed by atoms with Gasteiger partial charge in [0.15, 0.2) is 0 Å². The monoisotopic (exact) mass is 248 g/mol. The smallest absolute Gasteiger partial charge is 0.0604 e. The first-order valence-electron chi connectivity index (χ1n) is 6.75. The van der Waals surface area contributed by atoms with E-state index in [0.717, 1.165) is 26.1 Å². The zero-order valence-corrected chi connectivity index (χ0v) is 11.7. The second-order valence-corrected chi connectivity index (χ2v) is 5.65. The Labute approximate surface area is 110 Å².